The zero-order valence-electron chi connectivity index (χ0n) is 9.14. The lowest BCUT2D eigenvalue weighted by Gasteiger charge is -2.09. The largest absolute Gasteiger partial charge is 0.313 e. The van der Waals surface area contributed by atoms with Gasteiger partial charge < -0.3 is 10.6 Å². The highest BCUT2D eigenvalue weighted by Gasteiger charge is 1.99. The third kappa shape index (κ3) is 3.48. The predicted octanol–water partition coefficient (Wildman–Crippen LogP) is 1.91. The average Bonchev–Trinajstić information content (AvgIpc) is 2.24. The van der Waals surface area contributed by atoms with E-state index in [1.807, 2.05) is 0 Å². The van der Waals surface area contributed by atoms with E-state index in [4.69, 9.17) is 0 Å². The zero-order valence-corrected chi connectivity index (χ0v) is 9.14. The SMILES string of the molecule is CCNCc1ccccc1CNCC. The lowest BCUT2D eigenvalue weighted by atomic mass is 10.1. The first-order valence-electron chi connectivity index (χ1n) is 5.36. The molecule has 0 atom stereocenters. The Balaban J connectivity index is 2.60. The van der Waals surface area contributed by atoms with E-state index in [1.165, 1.54) is 11.1 Å². The Bertz CT molecular complexity index is 231. The summed E-state index contributed by atoms with van der Waals surface area (Å²) < 4.78 is 0. The van der Waals surface area contributed by atoms with Gasteiger partial charge in [-0.15, -0.1) is 0 Å². The normalized spacial score (nSPS) is 10.4. The third-order valence-corrected chi connectivity index (χ3v) is 2.25. The Morgan fingerprint density at radius 2 is 1.29 bits per heavy atom. The predicted molar refractivity (Wildman–Crippen MR) is 61.2 cm³/mol. The van der Waals surface area contributed by atoms with Gasteiger partial charge in [0.15, 0.2) is 0 Å². The molecule has 0 saturated carbocycles. The van der Waals surface area contributed by atoms with E-state index in [0.29, 0.717) is 0 Å². The number of rotatable bonds is 6. The summed E-state index contributed by atoms with van der Waals surface area (Å²) in [5.41, 5.74) is 2.80. The molecule has 2 nitrogen and oxygen atoms in total. The fourth-order valence-corrected chi connectivity index (χ4v) is 1.42. The van der Waals surface area contributed by atoms with Crippen LogP contribution >= 0.6 is 0 Å². The van der Waals surface area contributed by atoms with Gasteiger partial charge in [-0.25, -0.2) is 0 Å². The molecule has 0 bridgehead atoms. The minimum absolute atomic E-state index is 0.970. The fraction of sp³-hybridized carbons (Fsp3) is 0.500. The second kappa shape index (κ2) is 6.57. The van der Waals surface area contributed by atoms with E-state index in [0.717, 1.165) is 26.2 Å². The highest BCUT2D eigenvalue weighted by Crippen LogP contribution is 2.07. The van der Waals surface area contributed by atoms with Crippen molar-refractivity contribution in [3.8, 4) is 0 Å². The molecule has 0 heterocycles. The maximum atomic E-state index is 3.35. The number of hydrogen-bond donors (Lipinski definition) is 2. The van der Waals surface area contributed by atoms with Crippen LogP contribution < -0.4 is 10.6 Å². The summed E-state index contributed by atoms with van der Waals surface area (Å²) in [5.74, 6) is 0. The molecule has 0 aliphatic rings. The molecule has 0 aliphatic carbocycles. The van der Waals surface area contributed by atoms with E-state index in [1.54, 1.807) is 0 Å². The second-order valence-electron chi connectivity index (χ2n) is 3.33. The van der Waals surface area contributed by atoms with Gasteiger partial charge in [0.05, 0.1) is 0 Å². The first-order chi connectivity index (χ1) is 6.88. The Morgan fingerprint density at radius 1 is 0.857 bits per heavy atom. The van der Waals surface area contributed by atoms with Crippen LogP contribution in [-0.2, 0) is 13.1 Å². The molecule has 0 unspecified atom stereocenters. The van der Waals surface area contributed by atoms with Crippen molar-refractivity contribution in [2.75, 3.05) is 13.1 Å². The summed E-state index contributed by atoms with van der Waals surface area (Å²) >= 11 is 0. The molecular weight excluding hydrogens is 172 g/mol. The van der Waals surface area contributed by atoms with Crippen molar-refractivity contribution in [2.24, 2.45) is 0 Å². The van der Waals surface area contributed by atoms with Crippen LogP contribution in [0, 0.1) is 0 Å². The van der Waals surface area contributed by atoms with Crippen molar-refractivity contribution in [2.45, 2.75) is 26.9 Å². The summed E-state index contributed by atoms with van der Waals surface area (Å²) in [4.78, 5) is 0. The van der Waals surface area contributed by atoms with Crippen LogP contribution in [0.2, 0.25) is 0 Å². The van der Waals surface area contributed by atoms with Crippen molar-refractivity contribution in [1.82, 2.24) is 10.6 Å². The Kier molecular flexibility index (Phi) is 5.27. The number of hydrogen-bond acceptors (Lipinski definition) is 2. The summed E-state index contributed by atoms with van der Waals surface area (Å²) in [6.07, 6.45) is 0. The van der Waals surface area contributed by atoms with Crippen molar-refractivity contribution in [1.29, 1.82) is 0 Å². The smallest absolute Gasteiger partial charge is 0.0208 e. The monoisotopic (exact) mass is 192 g/mol. The average molecular weight is 192 g/mol. The molecule has 1 rings (SSSR count). The van der Waals surface area contributed by atoms with Gasteiger partial charge in [0.1, 0.15) is 0 Å². The Morgan fingerprint density at radius 3 is 1.64 bits per heavy atom. The first-order valence-corrected chi connectivity index (χ1v) is 5.36. The van der Waals surface area contributed by atoms with Crippen LogP contribution in [-0.4, -0.2) is 13.1 Å². The number of benzene rings is 1. The van der Waals surface area contributed by atoms with E-state index >= 15 is 0 Å². The molecule has 1 aromatic rings. The van der Waals surface area contributed by atoms with Crippen molar-refractivity contribution in [3.63, 3.8) is 0 Å². The van der Waals surface area contributed by atoms with Gasteiger partial charge in [0, 0.05) is 13.1 Å². The minimum Gasteiger partial charge on any atom is -0.313 e. The molecule has 0 fully saturated rings. The summed E-state index contributed by atoms with van der Waals surface area (Å²) in [6.45, 7) is 8.25. The number of nitrogens with one attached hydrogen (secondary N) is 2. The van der Waals surface area contributed by atoms with E-state index in [9.17, 15) is 0 Å². The quantitative estimate of drug-likeness (QED) is 0.719. The van der Waals surface area contributed by atoms with Crippen LogP contribution in [0.15, 0.2) is 24.3 Å². The lowest BCUT2D eigenvalue weighted by molar-refractivity contribution is 0.690. The van der Waals surface area contributed by atoms with Crippen molar-refractivity contribution < 1.29 is 0 Å². The van der Waals surface area contributed by atoms with Crippen LogP contribution in [0.25, 0.3) is 0 Å². The molecule has 14 heavy (non-hydrogen) atoms. The van der Waals surface area contributed by atoms with E-state index < -0.39 is 0 Å². The van der Waals surface area contributed by atoms with Crippen LogP contribution in [0.5, 0.6) is 0 Å². The van der Waals surface area contributed by atoms with Crippen molar-refractivity contribution >= 4 is 0 Å². The maximum absolute atomic E-state index is 3.35. The molecule has 0 saturated heterocycles. The van der Waals surface area contributed by atoms with E-state index in [-0.39, 0.29) is 0 Å². The molecule has 2 heteroatoms. The summed E-state index contributed by atoms with van der Waals surface area (Å²) in [7, 11) is 0. The molecule has 0 amide bonds. The summed E-state index contributed by atoms with van der Waals surface area (Å²) in [5, 5.41) is 6.71. The molecule has 1 aromatic carbocycles. The van der Waals surface area contributed by atoms with Gasteiger partial charge >= 0.3 is 0 Å². The second-order valence-corrected chi connectivity index (χ2v) is 3.33. The standard InChI is InChI=1S/C12H20N2/c1-3-13-9-11-7-5-6-8-12(11)10-14-4-2/h5-8,13-14H,3-4,9-10H2,1-2H3. The Labute approximate surface area is 86.7 Å². The molecular formula is C12H20N2. The van der Waals surface area contributed by atoms with Crippen molar-refractivity contribution in [3.05, 3.63) is 35.4 Å². The van der Waals surface area contributed by atoms with Crippen LogP contribution in [0.3, 0.4) is 0 Å². The maximum Gasteiger partial charge on any atom is 0.0208 e. The third-order valence-electron chi connectivity index (χ3n) is 2.25. The zero-order chi connectivity index (χ0) is 10.2. The molecule has 78 valence electrons. The van der Waals surface area contributed by atoms with Gasteiger partial charge in [0.2, 0.25) is 0 Å². The highest BCUT2D eigenvalue weighted by molar-refractivity contribution is 5.26. The van der Waals surface area contributed by atoms with Crippen LogP contribution in [0.4, 0.5) is 0 Å². The molecule has 0 aromatic heterocycles. The van der Waals surface area contributed by atoms with Crippen LogP contribution in [0.1, 0.15) is 25.0 Å². The minimum atomic E-state index is 0.970. The topological polar surface area (TPSA) is 24.1 Å². The molecule has 0 spiro atoms. The van der Waals surface area contributed by atoms with E-state index in [2.05, 4.69) is 48.7 Å². The lowest BCUT2D eigenvalue weighted by Crippen LogP contribution is -2.17. The first kappa shape index (κ1) is 11.2. The molecule has 2 N–H and O–H groups in total. The Hall–Kier alpha value is -0.860. The highest BCUT2D eigenvalue weighted by atomic mass is 14.9. The van der Waals surface area contributed by atoms with Gasteiger partial charge in [-0.3, -0.25) is 0 Å². The molecule has 0 radical (unpaired) electrons. The van der Waals surface area contributed by atoms with Gasteiger partial charge in [0.25, 0.3) is 0 Å². The van der Waals surface area contributed by atoms with Gasteiger partial charge in [-0.05, 0) is 24.2 Å². The van der Waals surface area contributed by atoms with Gasteiger partial charge in [-0.2, -0.15) is 0 Å². The van der Waals surface area contributed by atoms with Gasteiger partial charge in [-0.1, -0.05) is 38.1 Å². The molecule has 0 aliphatic heterocycles. The summed E-state index contributed by atoms with van der Waals surface area (Å²) in [6, 6.07) is 8.58. The fourth-order valence-electron chi connectivity index (χ4n) is 1.42.